The zero-order valence-electron chi connectivity index (χ0n) is 20.2. The minimum absolute atomic E-state index is 0.00293. The van der Waals surface area contributed by atoms with Gasteiger partial charge in [-0.1, -0.05) is 31.2 Å². The van der Waals surface area contributed by atoms with Crippen molar-refractivity contribution in [3.8, 4) is 17.2 Å². The Morgan fingerprint density at radius 1 is 0.889 bits per heavy atom. The van der Waals surface area contributed by atoms with Crippen LogP contribution in [0.2, 0.25) is 0 Å². The first-order valence-electron chi connectivity index (χ1n) is 12.1. The number of carbonyl (C=O) groups excluding carboxylic acids is 2. The fourth-order valence-electron chi connectivity index (χ4n) is 4.70. The highest BCUT2D eigenvalue weighted by Gasteiger charge is 2.60. The number of hydrogen-bond donors (Lipinski definition) is 1. The van der Waals surface area contributed by atoms with E-state index >= 15 is 0 Å². The first-order chi connectivity index (χ1) is 17.5. The van der Waals surface area contributed by atoms with Crippen LogP contribution in [-0.2, 0) is 14.4 Å². The number of fused-ring (bicyclic) bond motifs is 1. The summed E-state index contributed by atoms with van der Waals surface area (Å²) in [5, 5.41) is 11.8. The molecule has 2 fully saturated rings. The Morgan fingerprint density at radius 2 is 1.64 bits per heavy atom. The third kappa shape index (κ3) is 4.13. The molecule has 0 bridgehead atoms. The lowest BCUT2D eigenvalue weighted by atomic mass is 9.90. The van der Waals surface area contributed by atoms with Crippen LogP contribution in [0.15, 0.2) is 72.8 Å². The maximum atomic E-state index is 13.8. The molecule has 3 aromatic carbocycles. The molecule has 2 aliphatic heterocycles. The number of hydroxylamine groups is 1. The average molecular weight is 489 g/mol. The predicted molar refractivity (Wildman–Crippen MR) is 134 cm³/mol. The molecule has 0 spiro atoms. The van der Waals surface area contributed by atoms with Crippen molar-refractivity contribution in [3.63, 3.8) is 0 Å². The smallest absolute Gasteiger partial charge is 0.266 e. The molecule has 2 aliphatic rings. The Balaban J connectivity index is 1.52. The number of ether oxygens (including phenoxy) is 2. The summed E-state index contributed by atoms with van der Waals surface area (Å²) in [6.07, 6.45) is -0.101. The molecule has 0 radical (unpaired) electrons. The van der Waals surface area contributed by atoms with E-state index in [-0.39, 0.29) is 11.7 Å². The molecule has 2 saturated heterocycles. The van der Waals surface area contributed by atoms with E-state index in [1.807, 2.05) is 44.2 Å². The number of hydrogen-bond acceptors (Lipinski definition) is 7. The van der Waals surface area contributed by atoms with Crippen molar-refractivity contribution in [2.45, 2.75) is 32.4 Å². The van der Waals surface area contributed by atoms with Gasteiger partial charge in [-0.05, 0) is 67.4 Å². The van der Waals surface area contributed by atoms with Crippen molar-refractivity contribution in [1.82, 2.24) is 0 Å². The lowest BCUT2D eigenvalue weighted by molar-refractivity contribution is -0.126. The summed E-state index contributed by atoms with van der Waals surface area (Å²) < 4.78 is 11.2. The second-order valence-corrected chi connectivity index (χ2v) is 8.67. The van der Waals surface area contributed by atoms with Crippen LogP contribution in [0.25, 0.3) is 0 Å². The van der Waals surface area contributed by atoms with E-state index in [0.29, 0.717) is 41.7 Å². The number of imide groups is 1. The standard InChI is InChI=1S/C28H28N2O6/c1-3-16-35-21-13-11-19(12-14-21)29-27(32)24-25(18-10-15-22(31)23(17-18)34-4-2)30(36-26(24)28(29)33)20-8-6-5-7-9-20/h5-15,17,24-26,31H,3-4,16H2,1-2H3/t24-,25-,26-/m0/s1. The van der Waals surface area contributed by atoms with Gasteiger partial charge in [0, 0.05) is 0 Å². The highest BCUT2D eigenvalue weighted by molar-refractivity contribution is 6.23. The molecule has 36 heavy (non-hydrogen) atoms. The number of aromatic hydroxyl groups is 1. The summed E-state index contributed by atoms with van der Waals surface area (Å²) in [5.41, 5.74) is 1.88. The molecule has 0 aliphatic carbocycles. The molecule has 3 atom stereocenters. The summed E-state index contributed by atoms with van der Waals surface area (Å²) in [6.45, 7) is 4.81. The number of phenolic OH excluding ortho intramolecular Hbond substituents is 1. The fourth-order valence-corrected chi connectivity index (χ4v) is 4.70. The van der Waals surface area contributed by atoms with Gasteiger partial charge in [-0.25, -0.2) is 9.96 Å². The van der Waals surface area contributed by atoms with Gasteiger partial charge in [0.2, 0.25) is 5.91 Å². The van der Waals surface area contributed by atoms with E-state index in [4.69, 9.17) is 14.3 Å². The molecule has 2 amide bonds. The van der Waals surface area contributed by atoms with Gasteiger partial charge in [-0.2, -0.15) is 0 Å². The number of phenols is 1. The highest BCUT2D eigenvalue weighted by atomic mass is 16.7. The van der Waals surface area contributed by atoms with Gasteiger partial charge in [0.05, 0.1) is 30.6 Å². The van der Waals surface area contributed by atoms with E-state index < -0.39 is 24.0 Å². The van der Waals surface area contributed by atoms with Crippen molar-refractivity contribution >= 4 is 23.2 Å². The first-order valence-corrected chi connectivity index (χ1v) is 12.1. The molecule has 0 saturated carbocycles. The average Bonchev–Trinajstić information content (AvgIpc) is 3.41. The topological polar surface area (TPSA) is 88.5 Å². The fraction of sp³-hybridized carbons (Fsp3) is 0.286. The van der Waals surface area contributed by atoms with E-state index in [0.717, 1.165) is 6.42 Å². The molecule has 5 rings (SSSR count). The number of anilines is 2. The first kappa shape index (κ1) is 23.7. The Kier molecular flexibility index (Phi) is 6.52. The summed E-state index contributed by atoms with van der Waals surface area (Å²) in [5.74, 6) is -0.559. The van der Waals surface area contributed by atoms with Crippen LogP contribution in [0.1, 0.15) is 31.9 Å². The molecule has 0 aromatic heterocycles. The van der Waals surface area contributed by atoms with Crippen molar-refractivity contribution < 1.29 is 29.0 Å². The van der Waals surface area contributed by atoms with Crippen molar-refractivity contribution in [2.75, 3.05) is 23.2 Å². The van der Waals surface area contributed by atoms with Crippen molar-refractivity contribution in [1.29, 1.82) is 0 Å². The van der Waals surface area contributed by atoms with Crippen LogP contribution in [0.5, 0.6) is 17.2 Å². The van der Waals surface area contributed by atoms with Gasteiger partial charge in [0.15, 0.2) is 17.6 Å². The minimum atomic E-state index is -0.983. The minimum Gasteiger partial charge on any atom is -0.504 e. The second kappa shape index (κ2) is 9.91. The molecular weight excluding hydrogens is 460 g/mol. The van der Waals surface area contributed by atoms with Gasteiger partial charge >= 0.3 is 0 Å². The quantitative estimate of drug-likeness (QED) is 0.463. The summed E-state index contributed by atoms with van der Waals surface area (Å²) >= 11 is 0. The van der Waals surface area contributed by atoms with Crippen molar-refractivity contribution in [2.24, 2.45) is 5.92 Å². The Hall–Kier alpha value is -4.04. The Labute approximate surface area is 209 Å². The molecule has 8 heteroatoms. The number of amides is 2. The molecule has 186 valence electrons. The SMILES string of the molecule is CCCOc1ccc(N2C(=O)[C@@H]3[C@H](ON(c4ccccc4)[C@H]3c3ccc(O)c(OCC)c3)C2=O)cc1. The van der Waals surface area contributed by atoms with E-state index in [1.165, 1.54) is 11.0 Å². The molecule has 1 N–H and O–H groups in total. The monoisotopic (exact) mass is 488 g/mol. The molecule has 3 aromatic rings. The largest absolute Gasteiger partial charge is 0.504 e. The number of rotatable bonds is 8. The van der Waals surface area contributed by atoms with Gasteiger partial charge in [-0.15, -0.1) is 0 Å². The number of carbonyl (C=O) groups is 2. The number of benzene rings is 3. The zero-order chi connectivity index (χ0) is 25.2. The van der Waals surface area contributed by atoms with Crippen LogP contribution in [0, 0.1) is 5.92 Å². The number of nitrogens with zero attached hydrogens (tertiary/aromatic N) is 2. The molecular formula is C28H28N2O6. The Bertz CT molecular complexity index is 1250. The second-order valence-electron chi connectivity index (χ2n) is 8.67. The third-order valence-corrected chi connectivity index (χ3v) is 6.32. The maximum Gasteiger partial charge on any atom is 0.266 e. The van der Waals surface area contributed by atoms with E-state index in [1.54, 1.807) is 41.5 Å². The highest BCUT2D eigenvalue weighted by Crippen LogP contribution is 2.48. The Morgan fingerprint density at radius 3 is 2.33 bits per heavy atom. The normalized spacial score (nSPS) is 21.1. The van der Waals surface area contributed by atoms with E-state index in [9.17, 15) is 14.7 Å². The zero-order valence-corrected chi connectivity index (χ0v) is 20.2. The van der Waals surface area contributed by atoms with Crippen LogP contribution in [-0.4, -0.2) is 36.2 Å². The van der Waals surface area contributed by atoms with Crippen molar-refractivity contribution in [3.05, 3.63) is 78.4 Å². The summed E-state index contributed by atoms with van der Waals surface area (Å²) in [7, 11) is 0. The van der Waals surface area contributed by atoms with Gasteiger partial charge in [0.1, 0.15) is 11.7 Å². The molecule has 0 unspecified atom stereocenters. The number of para-hydroxylation sites is 1. The third-order valence-electron chi connectivity index (χ3n) is 6.32. The lowest BCUT2D eigenvalue weighted by Gasteiger charge is -2.29. The lowest BCUT2D eigenvalue weighted by Crippen LogP contribution is -2.37. The van der Waals surface area contributed by atoms with Crippen LogP contribution < -0.4 is 19.4 Å². The predicted octanol–water partition coefficient (Wildman–Crippen LogP) is 4.63. The molecule has 8 nitrogen and oxygen atoms in total. The molecule has 2 heterocycles. The maximum absolute atomic E-state index is 13.8. The summed E-state index contributed by atoms with van der Waals surface area (Å²) in [4.78, 5) is 34.6. The van der Waals surface area contributed by atoms with Gasteiger partial charge < -0.3 is 14.6 Å². The van der Waals surface area contributed by atoms with Crippen LogP contribution in [0.3, 0.4) is 0 Å². The van der Waals surface area contributed by atoms with E-state index in [2.05, 4.69) is 0 Å². The van der Waals surface area contributed by atoms with Crippen LogP contribution in [0.4, 0.5) is 11.4 Å². The van der Waals surface area contributed by atoms with Gasteiger partial charge in [-0.3, -0.25) is 14.4 Å². The van der Waals surface area contributed by atoms with Gasteiger partial charge in [0.25, 0.3) is 5.91 Å². The van der Waals surface area contributed by atoms with Crippen LogP contribution >= 0.6 is 0 Å². The summed E-state index contributed by atoms with van der Waals surface area (Å²) in [6, 6.07) is 20.6.